The maximum Gasteiger partial charge on any atom is 0.241 e. The Hall–Kier alpha value is -1.63. The third-order valence-corrected chi connectivity index (χ3v) is 3.89. The van der Waals surface area contributed by atoms with E-state index in [1.165, 1.54) is 4.88 Å². The molecule has 0 aromatic carbocycles. The lowest BCUT2D eigenvalue weighted by Crippen LogP contribution is -2.16. The van der Waals surface area contributed by atoms with E-state index in [0.29, 0.717) is 24.0 Å². The molecule has 0 radical (unpaired) electrons. The van der Waals surface area contributed by atoms with Crippen molar-refractivity contribution in [1.29, 1.82) is 0 Å². The summed E-state index contributed by atoms with van der Waals surface area (Å²) < 4.78 is 11.2. The van der Waals surface area contributed by atoms with Crippen molar-refractivity contribution in [2.75, 3.05) is 7.05 Å². The van der Waals surface area contributed by atoms with Gasteiger partial charge in [-0.3, -0.25) is 4.90 Å². The number of hydrogen-bond acceptors (Lipinski definition) is 6. The summed E-state index contributed by atoms with van der Waals surface area (Å²) in [6.07, 6.45) is 1.58. The van der Waals surface area contributed by atoms with Crippen LogP contribution in [0.5, 0.6) is 0 Å². The lowest BCUT2D eigenvalue weighted by molar-refractivity contribution is 0.262. The Morgan fingerprint density at radius 1 is 1.30 bits per heavy atom. The predicted octanol–water partition coefficient (Wildman–Crippen LogP) is 3.68. The van der Waals surface area contributed by atoms with Crippen molar-refractivity contribution in [3.63, 3.8) is 0 Å². The first kappa shape index (κ1) is 13.4. The zero-order valence-electron chi connectivity index (χ0n) is 10.7. The van der Waals surface area contributed by atoms with Crippen molar-refractivity contribution in [2.45, 2.75) is 13.1 Å². The number of hydrogen-bond donors (Lipinski definition) is 0. The number of rotatable bonds is 5. The van der Waals surface area contributed by atoms with Crippen LogP contribution < -0.4 is 0 Å². The monoisotopic (exact) mass is 309 g/mol. The van der Waals surface area contributed by atoms with E-state index < -0.39 is 0 Å². The molecule has 0 N–H and O–H groups in total. The van der Waals surface area contributed by atoms with E-state index in [9.17, 15) is 0 Å². The topological polar surface area (TPSA) is 55.3 Å². The summed E-state index contributed by atoms with van der Waals surface area (Å²) in [5.74, 6) is 1.63. The smallest absolute Gasteiger partial charge is 0.241 e. The summed E-state index contributed by atoms with van der Waals surface area (Å²) in [6.45, 7) is 1.36. The molecule has 3 heterocycles. The molecule has 0 unspecified atom stereocenters. The lowest BCUT2D eigenvalue weighted by Gasteiger charge is -2.12. The molecule has 104 valence electrons. The lowest BCUT2D eigenvalue weighted by atomic mass is 10.4. The van der Waals surface area contributed by atoms with E-state index >= 15 is 0 Å². The fourth-order valence-corrected chi connectivity index (χ4v) is 2.98. The Kier molecular flexibility index (Phi) is 3.86. The molecule has 3 aromatic rings. The van der Waals surface area contributed by atoms with Crippen LogP contribution in [0.15, 0.2) is 39.5 Å². The molecule has 3 rings (SSSR count). The summed E-state index contributed by atoms with van der Waals surface area (Å²) in [4.78, 5) is 7.59. The van der Waals surface area contributed by atoms with Gasteiger partial charge in [0.2, 0.25) is 11.7 Å². The number of aromatic nitrogens is 2. The SMILES string of the molecule is CN(Cc1nc(-c2ccco2)no1)Cc1ccc(Cl)s1. The van der Waals surface area contributed by atoms with Crippen LogP contribution in [0, 0.1) is 0 Å². The highest BCUT2D eigenvalue weighted by atomic mass is 35.5. The third-order valence-electron chi connectivity index (χ3n) is 2.67. The summed E-state index contributed by atoms with van der Waals surface area (Å²) in [7, 11) is 1.99. The van der Waals surface area contributed by atoms with Crippen molar-refractivity contribution < 1.29 is 8.94 Å². The van der Waals surface area contributed by atoms with Crippen LogP contribution in [-0.2, 0) is 13.1 Å². The van der Waals surface area contributed by atoms with Crippen LogP contribution in [0.4, 0.5) is 0 Å². The summed E-state index contributed by atoms with van der Waals surface area (Å²) in [5, 5.41) is 3.90. The van der Waals surface area contributed by atoms with Crippen molar-refractivity contribution >= 4 is 22.9 Å². The highest BCUT2D eigenvalue weighted by Gasteiger charge is 2.13. The van der Waals surface area contributed by atoms with Gasteiger partial charge in [0.05, 0.1) is 17.1 Å². The van der Waals surface area contributed by atoms with Crippen molar-refractivity contribution in [1.82, 2.24) is 15.0 Å². The number of thiophene rings is 1. The van der Waals surface area contributed by atoms with Crippen molar-refractivity contribution in [2.24, 2.45) is 0 Å². The second-order valence-electron chi connectivity index (χ2n) is 4.37. The number of furan rings is 1. The van der Waals surface area contributed by atoms with Crippen LogP contribution in [0.25, 0.3) is 11.6 Å². The Bertz CT molecular complexity index is 677. The number of halogens is 1. The fourth-order valence-electron chi connectivity index (χ4n) is 1.81. The molecule has 0 saturated heterocycles. The molecule has 20 heavy (non-hydrogen) atoms. The van der Waals surface area contributed by atoms with Gasteiger partial charge in [-0.25, -0.2) is 0 Å². The molecule has 0 atom stereocenters. The van der Waals surface area contributed by atoms with Gasteiger partial charge >= 0.3 is 0 Å². The highest BCUT2D eigenvalue weighted by molar-refractivity contribution is 7.16. The van der Waals surface area contributed by atoms with Gasteiger partial charge in [-0.1, -0.05) is 16.8 Å². The third kappa shape index (κ3) is 3.09. The molecular weight excluding hydrogens is 298 g/mol. The second kappa shape index (κ2) is 5.78. The molecule has 0 fully saturated rings. The van der Waals surface area contributed by atoms with E-state index in [4.69, 9.17) is 20.5 Å². The van der Waals surface area contributed by atoms with E-state index in [0.717, 1.165) is 10.9 Å². The zero-order chi connectivity index (χ0) is 13.9. The van der Waals surface area contributed by atoms with E-state index in [1.807, 2.05) is 19.2 Å². The van der Waals surface area contributed by atoms with Gasteiger partial charge in [-0.15, -0.1) is 11.3 Å². The summed E-state index contributed by atoms with van der Waals surface area (Å²) in [6, 6.07) is 7.51. The predicted molar refractivity (Wildman–Crippen MR) is 76.5 cm³/mol. The zero-order valence-corrected chi connectivity index (χ0v) is 12.3. The molecule has 0 aliphatic heterocycles. The second-order valence-corrected chi connectivity index (χ2v) is 6.17. The minimum atomic E-state index is 0.470. The molecule has 0 bridgehead atoms. The Morgan fingerprint density at radius 2 is 2.20 bits per heavy atom. The first-order chi connectivity index (χ1) is 9.70. The Balaban J connectivity index is 1.63. The maximum atomic E-state index is 5.91. The molecule has 7 heteroatoms. The van der Waals surface area contributed by atoms with Gasteiger partial charge in [0.15, 0.2) is 5.76 Å². The van der Waals surface area contributed by atoms with Crippen LogP contribution in [0.1, 0.15) is 10.8 Å². The highest BCUT2D eigenvalue weighted by Crippen LogP contribution is 2.23. The van der Waals surface area contributed by atoms with Crippen molar-refractivity contribution in [3.8, 4) is 11.6 Å². The standard InChI is InChI=1S/C13H12ClN3O2S/c1-17(7-9-4-5-11(14)20-9)8-12-15-13(16-19-12)10-3-2-6-18-10/h2-6H,7-8H2,1H3. The average Bonchev–Trinajstić information content (AvgIpc) is 3.10. The van der Waals surface area contributed by atoms with E-state index in [2.05, 4.69) is 15.0 Å². The molecule has 0 amide bonds. The minimum absolute atomic E-state index is 0.470. The van der Waals surface area contributed by atoms with Gasteiger partial charge in [0, 0.05) is 11.4 Å². The normalized spacial score (nSPS) is 11.3. The molecular formula is C13H12ClN3O2S. The first-order valence-corrected chi connectivity index (χ1v) is 7.19. The van der Waals surface area contributed by atoms with Gasteiger partial charge < -0.3 is 8.94 Å². The van der Waals surface area contributed by atoms with E-state index in [1.54, 1.807) is 29.7 Å². The van der Waals surface area contributed by atoms with Gasteiger partial charge in [-0.05, 0) is 31.3 Å². The Labute approximate surface area is 124 Å². The average molecular weight is 310 g/mol. The van der Waals surface area contributed by atoms with Gasteiger partial charge in [-0.2, -0.15) is 4.98 Å². The van der Waals surface area contributed by atoms with Crippen LogP contribution in [-0.4, -0.2) is 22.1 Å². The van der Waals surface area contributed by atoms with Crippen LogP contribution >= 0.6 is 22.9 Å². The van der Waals surface area contributed by atoms with E-state index in [-0.39, 0.29) is 0 Å². The maximum absolute atomic E-state index is 5.91. The van der Waals surface area contributed by atoms with Gasteiger partial charge in [0.25, 0.3) is 0 Å². The largest absolute Gasteiger partial charge is 0.461 e. The molecule has 0 aliphatic carbocycles. The van der Waals surface area contributed by atoms with Crippen molar-refractivity contribution in [3.05, 3.63) is 45.6 Å². The molecule has 0 spiro atoms. The molecule has 0 saturated carbocycles. The Morgan fingerprint density at radius 3 is 2.90 bits per heavy atom. The van der Waals surface area contributed by atoms with Crippen LogP contribution in [0.2, 0.25) is 4.34 Å². The summed E-state index contributed by atoms with van der Waals surface area (Å²) >= 11 is 7.49. The minimum Gasteiger partial charge on any atom is -0.461 e. The molecule has 5 nitrogen and oxygen atoms in total. The van der Waals surface area contributed by atoms with Crippen LogP contribution in [0.3, 0.4) is 0 Å². The summed E-state index contributed by atoms with van der Waals surface area (Å²) in [5.41, 5.74) is 0. The fraction of sp³-hybridized carbons (Fsp3) is 0.231. The number of nitrogens with zero attached hydrogens (tertiary/aromatic N) is 3. The quantitative estimate of drug-likeness (QED) is 0.719. The molecule has 0 aliphatic rings. The van der Waals surface area contributed by atoms with Gasteiger partial charge in [0.1, 0.15) is 0 Å². The first-order valence-electron chi connectivity index (χ1n) is 6.00. The molecule has 3 aromatic heterocycles.